The average molecular weight is 649 g/mol. The zero-order valence-electron chi connectivity index (χ0n) is 27.4. The third kappa shape index (κ3) is 7.88. The second-order valence-corrected chi connectivity index (χ2v) is 11.4. The van der Waals surface area contributed by atoms with Gasteiger partial charge in [0, 0.05) is 0 Å². The van der Waals surface area contributed by atoms with Crippen molar-refractivity contribution in [1.29, 1.82) is 0 Å². The summed E-state index contributed by atoms with van der Waals surface area (Å²) in [6, 6.07) is 43.8. The highest BCUT2D eigenvalue weighted by Crippen LogP contribution is 2.32. The fourth-order valence-electron chi connectivity index (χ4n) is 5.86. The van der Waals surface area contributed by atoms with E-state index in [0.29, 0.717) is 6.42 Å². The first-order valence-corrected chi connectivity index (χ1v) is 16.0. The number of esters is 2. The van der Waals surface area contributed by atoms with Crippen LogP contribution in [0, 0.1) is 0 Å². The largest absolute Gasteiger partial charge is 0.482 e. The van der Waals surface area contributed by atoms with Gasteiger partial charge in [0.1, 0.15) is 13.2 Å². The van der Waals surface area contributed by atoms with Crippen molar-refractivity contribution in [2.75, 3.05) is 14.2 Å². The summed E-state index contributed by atoms with van der Waals surface area (Å²) in [7, 11) is 2.69. The van der Waals surface area contributed by atoms with Crippen molar-refractivity contribution in [3.63, 3.8) is 0 Å². The molecule has 0 atom stereocenters. The van der Waals surface area contributed by atoms with E-state index in [4.69, 9.17) is 18.9 Å². The Kier molecular flexibility index (Phi) is 10.5. The maximum absolute atomic E-state index is 12.8. The van der Waals surface area contributed by atoms with Gasteiger partial charge in [-0.1, -0.05) is 133 Å². The second-order valence-electron chi connectivity index (χ2n) is 11.4. The van der Waals surface area contributed by atoms with Gasteiger partial charge in [0.25, 0.3) is 0 Å². The van der Waals surface area contributed by atoms with E-state index < -0.39 is 11.9 Å². The molecule has 0 unspecified atom stereocenters. The summed E-state index contributed by atoms with van der Waals surface area (Å²) >= 11 is 0. The van der Waals surface area contributed by atoms with E-state index in [1.54, 1.807) is 12.2 Å². The van der Waals surface area contributed by atoms with Crippen molar-refractivity contribution < 1.29 is 28.5 Å². The molecule has 6 aromatic carbocycles. The van der Waals surface area contributed by atoms with Gasteiger partial charge in [-0.2, -0.15) is 0 Å². The fourth-order valence-corrected chi connectivity index (χ4v) is 5.86. The highest BCUT2D eigenvalue weighted by molar-refractivity contribution is 5.93. The molecule has 0 N–H and O–H groups in total. The van der Waals surface area contributed by atoms with Crippen LogP contribution in [0.3, 0.4) is 0 Å². The summed E-state index contributed by atoms with van der Waals surface area (Å²) in [5.74, 6) is -0.866. The predicted octanol–water partition coefficient (Wildman–Crippen LogP) is 9.05. The topological polar surface area (TPSA) is 71.1 Å². The Hall–Kier alpha value is -6.14. The highest BCUT2D eigenvalue weighted by Gasteiger charge is 2.19. The van der Waals surface area contributed by atoms with Crippen molar-refractivity contribution >= 4 is 45.6 Å². The van der Waals surface area contributed by atoms with Gasteiger partial charge in [-0.3, -0.25) is 0 Å². The van der Waals surface area contributed by atoms with E-state index in [1.807, 2.05) is 97.1 Å². The minimum atomic E-state index is -0.551. The number of ether oxygens (including phenoxy) is 4. The number of rotatable bonds is 12. The van der Waals surface area contributed by atoms with Gasteiger partial charge >= 0.3 is 11.9 Å². The number of carbonyl (C=O) groups excluding carboxylic acids is 2. The summed E-state index contributed by atoms with van der Waals surface area (Å²) in [4.78, 5) is 25.5. The first-order valence-electron chi connectivity index (χ1n) is 16.0. The molecule has 0 bridgehead atoms. The second kappa shape index (κ2) is 15.6. The Bertz CT molecular complexity index is 1990. The molecular weight excluding hydrogens is 612 g/mol. The molecule has 0 radical (unpaired) electrons. The molecule has 0 aromatic heterocycles. The average Bonchev–Trinajstić information content (AvgIpc) is 3.16. The van der Waals surface area contributed by atoms with Crippen molar-refractivity contribution in [2.45, 2.75) is 19.6 Å². The summed E-state index contributed by atoms with van der Waals surface area (Å²) in [6.07, 6.45) is 3.93. The first kappa shape index (κ1) is 32.8. The lowest BCUT2D eigenvalue weighted by molar-refractivity contribution is -0.141. The van der Waals surface area contributed by atoms with Gasteiger partial charge in [0.05, 0.1) is 14.2 Å². The SMILES string of the molecule is COC(=O)/C(=C/c1ccccc1)OCc1ccc2ccccc2c1Cc1c(CO/C(=C\c2ccccc2)C(=O)OC)ccc2ccccc12. The Balaban J connectivity index is 1.39. The normalized spacial score (nSPS) is 11.7. The first-order chi connectivity index (χ1) is 24.0. The molecule has 0 spiro atoms. The molecule has 0 fully saturated rings. The molecule has 6 aromatic rings. The summed E-state index contributed by atoms with van der Waals surface area (Å²) < 4.78 is 22.5. The maximum atomic E-state index is 12.8. The van der Waals surface area contributed by atoms with E-state index in [0.717, 1.165) is 54.9 Å². The Labute approximate surface area is 285 Å². The van der Waals surface area contributed by atoms with Gasteiger partial charge in [0.2, 0.25) is 11.5 Å². The van der Waals surface area contributed by atoms with Crippen LogP contribution in [0.4, 0.5) is 0 Å². The Morgan fingerprint density at radius 3 is 1.29 bits per heavy atom. The third-order valence-corrected chi connectivity index (χ3v) is 8.36. The van der Waals surface area contributed by atoms with Crippen LogP contribution in [-0.4, -0.2) is 26.2 Å². The molecule has 49 heavy (non-hydrogen) atoms. The molecular formula is C43H36O6. The van der Waals surface area contributed by atoms with Crippen molar-refractivity contribution in [3.8, 4) is 0 Å². The van der Waals surface area contributed by atoms with Crippen LogP contribution in [0.15, 0.2) is 145 Å². The molecule has 0 aliphatic heterocycles. The van der Waals surface area contributed by atoms with Crippen LogP contribution in [0.25, 0.3) is 33.7 Å². The number of methoxy groups -OCH3 is 2. The van der Waals surface area contributed by atoms with E-state index in [9.17, 15) is 9.59 Å². The number of fused-ring (bicyclic) bond motifs is 2. The molecule has 6 heteroatoms. The molecule has 0 saturated carbocycles. The summed E-state index contributed by atoms with van der Waals surface area (Å²) in [5, 5.41) is 4.33. The quantitative estimate of drug-likeness (QED) is 0.0749. The summed E-state index contributed by atoms with van der Waals surface area (Å²) in [6.45, 7) is 0.299. The molecule has 6 rings (SSSR count). The fraction of sp³-hybridized carbons (Fsp3) is 0.116. The van der Waals surface area contributed by atoms with Crippen molar-refractivity contribution in [1.82, 2.24) is 0 Å². The van der Waals surface area contributed by atoms with Gasteiger partial charge in [-0.15, -0.1) is 0 Å². The van der Waals surface area contributed by atoms with Crippen molar-refractivity contribution in [2.24, 2.45) is 0 Å². The minimum Gasteiger partial charge on any atom is -0.482 e. The monoisotopic (exact) mass is 648 g/mol. The van der Waals surface area contributed by atoms with Gasteiger partial charge in [0.15, 0.2) is 0 Å². The smallest absolute Gasteiger partial charge is 0.373 e. The lowest BCUT2D eigenvalue weighted by atomic mass is 9.89. The molecule has 0 aliphatic rings. The van der Waals surface area contributed by atoms with Crippen molar-refractivity contribution in [3.05, 3.63) is 178 Å². The van der Waals surface area contributed by atoms with Crippen LogP contribution in [0.2, 0.25) is 0 Å². The number of hydrogen-bond acceptors (Lipinski definition) is 6. The molecule has 0 aliphatic carbocycles. The van der Waals surface area contributed by atoms with Crippen LogP contribution in [0.5, 0.6) is 0 Å². The zero-order chi connectivity index (χ0) is 34.0. The molecule has 6 nitrogen and oxygen atoms in total. The van der Waals surface area contributed by atoms with E-state index in [1.165, 1.54) is 14.2 Å². The van der Waals surface area contributed by atoms with Gasteiger partial charge < -0.3 is 18.9 Å². The molecule has 0 saturated heterocycles. The van der Waals surface area contributed by atoms with E-state index in [-0.39, 0.29) is 24.7 Å². The lowest BCUT2D eigenvalue weighted by Crippen LogP contribution is -2.11. The zero-order valence-corrected chi connectivity index (χ0v) is 27.4. The standard InChI is InChI=1S/C43H36O6/c1-46-42(44)40(25-30-13-5-3-6-14-30)48-28-34-23-21-32-17-9-11-19-36(32)38(34)27-39-35(24-22-33-18-10-12-20-37(33)39)29-49-41(43(45)47-2)26-31-15-7-4-8-16-31/h3-26H,27-29H2,1-2H3/b40-25-,41-26-. The van der Waals surface area contributed by atoms with E-state index in [2.05, 4.69) is 36.4 Å². The van der Waals surface area contributed by atoms with Crippen LogP contribution >= 0.6 is 0 Å². The number of hydrogen-bond donors (Lipinski definition) is 0. The summed E-state index contributed by atoms with van der Waals surface area (Å²) in [5.41, 5.74) is 5.64. The maximum Gasteiger partial charge on any atom is 0.373 e. The third-order valence-electron chi connectivity index (χ3n) is 8.36. The van der Waals surface area contributed by atoms with Crippen LogP contribution in [-0.2, 0) is 48.2 Å². The minimum absolute atomic E-state index is 0.118. The van der Waals surface area contributed by atoms with Gasteiger partial charge in [-0.05, 0) is 73.5 Å². The Morgan fingerprint density at radius 2 is 0.878 bits per heavy atom. The lowest BCUT2D eigenvalue weighted by Gasteiger charge is -2.19. The Morgan fingerprint density at radius 1 is 0.490 bits per heavy atom. The van der Waals surface area contributed by atoms with Gasteiger partial charge in [-0.25, -0.2) is 9.59 Å². The van der Waals surface area contributed by atoms with Crippen LogP contribution < -0.4 is 0 Å². The molecule has 0 amide bonds. The van der Waals surface area contributed by atoms with Crippen LogP contribution in [0.1, 0.15) is 33.4 Å². The highest BCUT2D eigenvalue weighted by atomic mass is 16.6. The van der Waals surface area contributed by atoms with E-state index >= 15 is 0 Å². The number of carbonyl (C=O) groups is 2. The molecule has 0 heterocycles. The predicted molar refractivity (Wildman–Crippen MR) is 193 cm³/mol. The number of benzene rings is 6. The molecule has 244 valence electrons.